The third-order valence-corrected chi connectivity index (χ3v) is 5.11. The molecule has 0 aliphatic carbocycles. The van der Waals surface area contributed by atoms with Gasteiger partial charge in [-0.2, -0.15) is 0 Å². The molecule has 0 spiro atoms. The number of hydrogen-bond acceptors (Lipinski definition) is 6. The summed E-state index contributed by atoms with van der Waals surface area (Å²) in [5, 5.41) is 2.68. The highest BCUT2D eigenvalue weighted by molar-refractivity contribution is 6.09. The largest absolute Gasteiger partial charge is 0.489 e. The average molecular weight is 446 g/mol. The highest BCUT2D eigenvalue weighted by Crippen LogP contribution is 2.30. The lowest BCUT2D eigenvalue weighted by atomic mass is 9.92. The predicted octanol–water partition coefficient (Wildman–Crippen LogP) is 2.21. The van der Waals surface area contributed by atoms with Crippen molar-refractivity contribution in [1.29, 1.82) is 0 Å². The van der Waals surface area contributed by atoms with Gasteiger partial charge in [0.05, 0.1) is 13.0 Å². The van der Waals surface area contributed by atoms with Crippen LogP contribution in [0.25, 0.3) is 0 Å². The minimum Gasteiger partial charge on any atom is -0.489 e. The normalized spacial score (nSPS) is 17.7. The Morgan fingerprint density at radius 1 is 1.19 bits per heavy atom. The zero-order valence-corrected chi connectivity index (χ0v) is 19.1. The number of urea groups is 1. The van der Waals surface area contributed by atoms with Crippen LogP contribution in [-0.2, 0) is 24.7 Å². The van der Waals surface area contributed by atoms with Crippen molar-refractivity contribution in [1.82, 2.24) is 15.1 Å². The van der Waals surface area contributed by atoms with E-state index in [-0.39, 0.29) is 19.6 Å². The number of benzene rings is 1. The zero-order valence-electron chi connectivity index (χ0n) is 19.1. The minimum absolute atomic E-state index is 0.0467. The molecule has 1 atom stereocenters. The van der Waals surface area contributed by atoms with Crippen LogP contribution < -0.4 is 10.1 Å². The number of likely N-dealkylation sites (N-methyl/N-ethyl adjacent to an activating group) is 1. The van der Waals surface area contributed by atoms with Gasteiger partial charge in [-0.25, -0.2) is 4.79 Å². The molecule has 1 heterocycles. The zero-order chi connectivity index (χ0) is 23.9. The molecule has 1 unspecified atom stereocenters. The van der Waals surface area contributed by atoms with Gasteiger partial charge in [-0.1, -0.05) is 18.7 Å². The molecule has 2 rings (SSSR count). The molecule has 1 saturated heterocycles. The van der Waals surface area contributed by atoms with Crippen LogP contribution in [-0.4, -0.2) is 66.5 Å². The third kappa shape index (κ3) is 5.87. The summed E-state index contributed by atoms with van der Waals surface area (Å²) in [6, 6.07) is 6.19. The van der Waals surface area contributed by atoms with E-state index in [9.17, 15) is 19.2 Å². The van der Waals surface area contributed by atoms with Crippen LogP contribution >= 0.6 is 0 Å². The van der Waals surface area contributed by atoms with Gasteiger partial charge in [-0.3, -0.25) is 19.3 Å². The monoisotopic (exact) mass is 445 g/mol. The minimum atomic E-state index is -1.30. The Morgan fingerprint density at radius 2 is 1.84 bits per heavy atom. The first kappa shape index (κ1) is 24.9. The van der Waals surface area contributed by atoms with Gasteiger partial charge in [0.2, 0.25) is 5.91 Å². The highest BCUT2D eigenvalue weighted by atomic mass is 16.5. The van der Waals surface area contributed by atoms with Crippen molar-refractivity contribution in [3.8, 4) is 5.75 Å². The van der Waals surface area contributed by atoms with Crippen molar-refractivity contribution in [2.45, 2.75) is 39.7 Å². The van der Waals surface area contributed by atoms with Gasteiger partial charge in [0.15, 0.2) is 0 Å². The number of amides is 4. The molecular formula is C23H31N3O6. The van der Waals surface area contributed by atoms with E-state index in [0.29, 0.717) is 24.5 Å². The number of carbonyl (C=O) groups is 4. The number of nitrogens with one attached hydrogen (secondary N) is 1. The molecule has 1 aromatic carbocycles. The summed E-state index contributed by atoms with van der Waals surface area (Å²) in [6.45, 7) is 11.4. The molecular weight excluding hydrogens is 414 g/mol. The van der Waals surface area contributed by atoms with Crippen LogP contribution in [0.5, 0.6) is 5.75 Å². The Kier molecular flexibility index (Phi) is 8.40. The standard InChI is InChI=1S/C23H31N3O6/c1-6-25(13-12-20(28)31-7-2)19(27)14-26-21(29)23(5,24-22(26)30)17-8-10-18(11-9-17)32-15-16(3)4/h8-11H,3,6-7,12-15H2,1-2,4-5H3,(H,24,30). The Balaban J connectivity index is 2.06. The summed E-state index contributed by atoms with van der Waals surface area (Å²) in [6.07, 6.45) is 0.0467. The van der Waals surface area contributed by atoms with Gasteiger partial charge < -0.3 is 19.7 Å². The number of hydrogen-bond donors (Lipinski definition) is 1. The molecule has 0 radical (unpaired) electrons. The molecule has 4 amide bonds. The highest BCUT2D eigenvalue weighted by Gasteiger charge is 2.49. The molecule has 0 aromatic heterocycles. The maximum Gasteiger partial charge on any atom is 0.325 e. The van der Waals surface area contributed by atoms with Crippen molar-refractivity contribution in [2.75, 3.05) is 32.8 Å². The number of esters is 1. The van der Waals surface area contributed by atoms with Gasteiger partial charge in [-0.15, -0.1) is 0 Å². The van der Waals surface area contributed by atoms with Crippen LogP contribution in [0.3, 0.4) is 0 Å². The molecule has 9 nitrogen and oxygen atoms in total. The fraction of sp³-hybridized carbons (Fsp3) is 0.478. The van der Waals surface area contributed by atoms with Crippen molar-refractivity contribution < 1.29 is 28.7 Å². The number of nitrogens with zero attached hydrogens (tertiary/aromatic N) is 2. The van der Waals surface area contributed by atoms with Gasteiger partial charge >= 0.3 is 12.0 Å². The van der Waals surface area contributed by atoms with Gasteiger partial charge in [0.25, 0.3) is 5.91 Å². The molecule has 174 valence electrons. The number of ether oxygens (including phenoxy) is 2. The number of rotatable bonds is 11. The predicted molar refractivity (Wildman–Crippen MR) is 118 cm³/mol. The Labute approximate surface area is 188 Å². The fourth-order valence-electron chi connectivity index (χ4n) is 3.28. The number of carbonyl (C=O) groups excluding carboxylic acids is 4. The average Bonchev–Trinajstić information content (AvgIpc) is 2.97. The molecule has 1 aliphatic heterocycles. The quantitative estimate of drug-likeness (QED) is 0.318. The lowest BCUT2D eigenvalue weighted by Crippen LogP contribution is -2.45. The van der Waals surface area contributed by atoms with Crippen LogP contribution in [0.4, 0.5) is 4.79 Å². The van der Waals surface area contributed by atoms with E-state index in [0.717, 1.165) is 10.5 Å². The lowest BCUT2D eigenvalue weighted by molar-refractivity contribution is -0.144. The van der Waals surface area contributed by atoms with Gasteiger partial charge in [-0.05, 0) is 51.0 Å². The third-order valence-electron chi connectivity index (χ3n) is 5.11. The first-order valence-corrected chi connectivity index (χ1v) is 10.6. The van der Waals surface area contributed by atoms with Crippen LogP contribution in [0.1, 0.15) is 39.7 Å². The summed E-state index contributed by atoms with van der Waals surface area (Å²) >= 11 is 0. The Bertz CT molecular complexity index is 882. The Hall–Kier alpha value is -3.36. The molecule has 1 aromatic rings. The van der Waals surface area contributed by atoms with Crippen LogP contribution in [0.2, 0.25) is 0 Å². The van der Waals surface area contributed by atoms with E-state index in [1.807, 2.05) is 6.92 Å². The maximum atomic E-state index is 13.1. The van der Waals surface area contributed by atoms with E-state index in [2.05, 4.69) is 11.9 Å². The van der Waals surface area contributed by atoms with Crippen molar-refractivity contribution in [2.24, 2.45) is 0 Å². The van der Waals surface area contributed by atoms with Gasteiger partial charge in [0.1, 0.15) is 24.4 Å². The second-order valence-electron chi connectivity index (χ2n) is 7.75. The van der Waals surface area contributed by atoms with Crippen molar-refractivity contribution in [3.05, 3.63) is 42.0 Å². The number of imide groups is 1. The van der Waals surface area contributed by atoms with E-state index in [1.165, 1.54) is 4.90 Å². The Morgan fingerprint density at radius 3 is 2.41 bits per heavy atom. The topological polar surface area (TPSA) is 105 Å². The summed E-state index contributed by atoms with van der Waals surface area (Å²) < 4.78 is 10.4. The first-order valence-electron chi connectivity index (χ1n) is 10.6. The second-order valence-corrected chi connectivity index (χ2v) is 7.75. The molecule has 0 bridgehead atoms. The van der Waals surface area contributed by atoms with E-state index in [1.54, 1.807) is 45.0 Å². The molecule has 1 aliphatic rings. The van der Waals surface area contributed by atoms with E-state index < -0.39 is 35.9 Å². The first-order chi connectivity index (χ1) is 15.1. The van der Waals surface area contributed by atoms with Crippen molar-refractivity contribution >= 4 is 23.8 Å². The lowest BCUT2D eigenvalue weighted by Gasteiger charge is -2.24. The van der Waals surface area contributed by atoms with Gasteiger partial charge in [0, 0.05) is 13.1 Å². The van der Waals surface area contributed by atoms with E-state index in [4.69, 9.17) is 9.47 Å². The van der Waals surface area contributed by atoms with Crippen LogP contribution in [0.15, 0.2) is 36.4 Å². The SMILES string of the molecule is C=C(C)COc1ccc(C2(C)NC(=O)N(CC(=O)N(CC)CCC(=O)OCC)C2=O)cc1. The van der Waals surface area contributed by atoms with Crippen molar-refractivity contribution in [3.63, 3.8) is 0 Å². The fourth-order valence-corrected chi connectivity index (χ4v) is 3.28. The summed E-state index contributed by atoms with van der Waals surface area (Å²) in [5.74, 6) is -0.734. The molecule has 9 heteroatoms. The summed E-state index contributed by atoms with van der Waals surface area (Å²) in [4.78, 5) is 52.2. The second kappa shape index (κ2) is 10.8. The summed E-state index contributed by atoms with van der Waals surface area (Å²) in [7, 11) is 0. The maximum absolute atomic E-state index is 13.1. The molecule has 0 saturated carbocycles. The molecule has 1 N–H and O–H groups in total. The molecule has 1 fully saturated rings. The smallest absolute Gasteiger partial charge is 0.325 e. The van der Waals surface area contributed by atoms with E-state index >= 15 is 0 Å². The molecule has 32 heavy (non-hydrogen) atoms. The summed E-state index contributed by atoms with van der Waals surface area (Å²) in [5.41, 5.74) is 0.151. The van der Waals surface area contributed by atoms with Crippen LogP contribution in [0, 0.1) is 0 Å².